The van der Waals surface area contributed by atoms with E-state index >= 15 is 0 Å². The molecule has 3 rings (SSSR count). The van der Waals surface area contributed by atoms with Crippen molar-refractivity contribution in [1.82, 2.24) is 10.2 Å². The van der Waals surface area contributed by atoms with Crippen molar-refractivity contribution in [2.75, 3.05) is 19.6 Å². The third-order valence-electron chi connectivity index (χ3n) is 4.50. The van der Waals surface area contributed by atoms with E-state index in [0.29, 0.717) is 6.04 Å². The molecule has 0 spiro atoms. The number of nitrogens with one attached hydrogen (secondary N) is 1. The third-order valence-corrected chi connectivity index (χ3v) is 4.76. The lowest BCUT2D eigenvalue weighted by Gasteiger charge is -2.38. The SMILES string of the molecule is CC(O)N1CCNCC1Cc1ccccc1-c1ccc(Cl)cc1. The average molecular weight is 331 g/mol. The van der Waals surface area contributed by atoms with E-state index in [1.165, 1.54) is 16.7 Å². The second-order valence-corrected chi connectivity index (χ2v) is 6.53. The van der Waals surface area contributed by atoms with Crippen LogP contribution in [0.2, 0.25) is 5.02 Å². The van der Waals surface area contributed by atoms with Crippen molar-refractivity contribution >= 4 is 11.6 Å². The summed E-state index contributed by atoms with van der Waals surface area (Å²) in [5.74, 6) is 0. The molecule has 2 N–H and O–H groups in total. The van der Waals surface area contributed by atoms with Gasteiger partial charge in [0.1, 0.15) is 6.23 Å². The Kier molecular flexibility index (Phi) is 5.34. The molecule has 122 valence electrons. The normalized spacial score (nSPS) is 20.4. The Morgan fingerprint density at radius 3 is 2.70 bits per heavy atom. The zero-order valence-corrected chi connectivity index (χ0v) is 14.1. The van der Waals surface area contributed by atoms with Gasteiger partial charge in [-0.05, 0) is 42.2 Å². The monoisotopic (exact) mass is 330 g/mol. The number of piperazine rings is 1. The molecule has 2 aromatic rings. The summed E-state index contributed by atoms with van der Waals surface area (Å²) in [7, 11) is 0. The summed E-state index contributed by atoms with van der Waals surface area (Å²) in [5, 5.41) is 14.2. The molecule has 3 nitrogen and oxygen atoms in total. The van der Waals surface area contributed by atoms with E-state index < -0.39 is 6.23 Å². The summed E-state index contributed by atoms with van der Waals surface area (Å²) >= 11 is 6.01. The Bertz CT molecular complexity index is 642. The minimum absolute atomic E-state index is 0.303. The first-order valence-corrected chi connectivity index (χ1v) is 8.51. The summed E-state index contributed by atoms with van der Waals surface area (Å²) in [6.45, 7) is 4.56. The maximum atomic E-state index is 10.0. The molecule has 0 aromatic heterocycles. The van der Waals surface area contributed by atoms with Gasteiger partial charge >= 0.3 is 0 Å². The number of aliphatic hydroxyl groups excluding tert-OH is 1. The molecule has 0 bridgehead atoms. The quantitative estimate of drug-likeness (QED) is 0.904. The first-order chi connectivity index (χ1) is 11.1. The molecule has 0 aliphatic carbocycles. The molecule has 1 aliphatic rings. The first kappa shape index (κ1) is 16.5. The van der Waals surface area contributed by atoms with Crippen LogP contribution in [0.1, 0.15) is 12.5 Å². The van der Waals surface area contributed by atoms with Crippen LogP contribution in [-0.2, 0) is 6.42 Å². The van der Waals surface area contributed by atoms with Gasteiger partial charge in [-0.1, -0.05) is 48.0 Å². The van der Waals surface area contributed by atoms with Gasteiger partial charge in [-0.3, -0.25) is 4.90 Å². The fraction of sp³-hybridized carbons (Fsp3) is 0.368. The molecule has 2 aromatic carbocycles. The maximum Gasteiger partial charge on any atom is 0.104 e. The first-order valence-electron chi connectivity index (χ1n) is 8.13. The van der Waals surface area contributed by atoms with Gasteiger partial charge in [0.15, 0.2) is 0 Å². The van der Waals surface area contributed by atoms with Crippen LogP contribution in [0.25, 0.3) is 11.1 Å². The van der Waals surface area contributed by atoms with Crippen LogP contribution in [0.3, 0.4) is 0 Å². The van der Waals surface area contributed by atoms with E-state index in [-0.39, 0.29) is 0 Å². The number of hydrogen-bond acceptors (Lipinski definition) is 3. The number of nitrogens with zero attached hydrogens (tertiary/aromatic N) is 1. The molecule has 4 heteroatoms. The van der Waals surface area contributed by atoms with Gasteiger partial charge in [0.05, 0.1) is 0 Å². The molecule has 1 heterocycles. The Balaban J connectivity index is 1.87. The third kappa shape index (κ3) is 3.93. The van der Waals surface area contributed by atoms with Crippen LogP contribution in [0.15, 0.2) is 48.5 Å². The number of halogens is 1. The minimum Gasteiger partial charge on any atom is -0.379 e. The van der Waals surface area contributed by atoms with Gasteiger partial charge in [0.25, 0.3) is 0 Å². The van der Waals surface area contributed by atoms with E-state index in [9.17, 15) is 5.11 Å². The lowest BCUT2D eigenvalue weighted by Crippen LogP contribution is -2.55. The molecular formula is C19H23ClN2O. The number of benzene rings is 2. The topological polar surface area (TPSA) is 35.5 Å². The Morgan fingerprint density at radius 2 is 1.96 bits per heavy atom. The highest BCUT2D eigenvalue weighted by Crippen LogP contribution is 2.27. The summed E-state index contributed by atoms with van der Waals surface area (Å²) < 4.78 is 0. The van der Waals surface area contributed by atoms with Gasteiger partial charge in [0, 0.05) is 30.7 Å². The maximum absolute atomic E-state index is 10.0. The molecular weight excluding hydrogens is 308 g/mol. The van der Waals surface area contributed by atoms with Crippen molar-refractivity contribution in [3.05, 3.63) is 59.1 Å². The Hall–Kier alpha value is -1.39. The molecule has 2 atom stereocenters. The number of rotatable bonds is 4. The highest BCUT2D eigenvalue weighted by Gasteiger charge is 2.26. The minimum atomic E-state index is -0.412. The van der Waals surface area contributed by atoms with Gasteiger partial charge in [-0.15, -0.1) is 0 Å². The number of aliphatic hydroxyl groups is 1. The van der Waals surface area contributed by atoms with E-state index in [1.54, 1.807) is 0 Å². The summed E-state index contributed by atoms with van der Waals surface area (Å²) in [5.41, 5.74) is 3.71. The second-order valence-electron chi connectivity index (χ2n) is 6.10. The fourth-order valence-electron chi connectivity index (χ4n) is 3.32. The number of hydrogen-bond donors (Lipinski definition) is 2. The summed E-state index contributed by atoms with van der Waals surface area (Å²) in [6, 6.07) is 16.8. The predicted octanol–water partition coefficient (Wildman–Crippen LogP) is 3.16. The summed E-state index contributed by atoms with van der Waals surface area (Å²) in [6.07, 6.45) is 0.501. The average Bonchev–Trinajstić information content (AvgIpc) is 2.56. The Morgan fingerprint density at radius 1 is 1.22 bits per heavy atom. The van der Waals surface area contributed by atoms with Gasteiger partial charge in [0.2, 0.25) is 0 Å². The van der Waals surface area contributed by atoms with Crippen LogP contribution in [0.4, 0.5) is 0 Å². The molecule has 1 aliphatic heterocycles. The van der Waals surface area contributed by atoms with Crippen molar-refractivity contribution in [3.63, 3.8) is 0 Å². The van der Waals surface area contributed by atoms with Crippen LogP contribution in [-0.4, -0.2) is 41.9 Å². The molecule has 1 saturated heterocycles. The molecule has 1 fully saturated rings. The van der Waals surface area contributed by atoms with Crippen LogP contribution < -0.4 is 5.32 Å². The van der Waals surface area contributed by atoms with Crippen molar-refractivity contribution in [3.8, 4) is 11.1 Å². The van der Waals surface area contributed by atoms with Gasteiger partial charge in [-0.2, -0.15) is 0 Å². The van der Waals surface area contributed by atoms with E-state index in [4.69, 9.17) is 11.6 Å². The van der Waals surface area contributed by atoms with Gasteiger partial charge in [-0.25, -0.2) is 0 Å². The lowest BCUT2D eigenvalue weighted by atomic mass is 9.94. The standard InChI is InChI=1S/C19H23ClN2O/c1-14(23)22-11-10-21-13-18(22)12-16-4-2-3-5-19(16)15-6-8-17(20)9-7-15/h2-9,14,18,21,23H,10-13H2,1H3. The smallest absolute Gasteiger partial charge is 0.104 e. The van der Waals surface area contributed by atoms with Crippen molar-refractivity contribution in [2.45, 2.75) is 25.6 Å². The second kappa shape index (κ2) is 7.45. The largest absolute Gasteiger partial charge is 0.379 e. The van der Waals surface area contributed by atoms with E-state index in [2.05, 4.69) is 46.6 Å². The van der Waals surface area contributed by atoms with Crippen molar-refractivity contribution in [1.29, 1.82) is 0 Å². The Labute approximate surface area is 142 Å². The zero-order valence-electron chi connectivity index (χ0n) is 13.4. The molecule has 23 heavy (non-hydrogen) atoms. The lowest BCUT2D eigenvalue weighted by molar-refractivity contribution is -0.0219. The van der Waals surface area contributed by atoms with Gasteiger partial charge < -0.3 is 10.4 Å². The molecule has 2 unspecified atom stereocenters. The predicted molar refractivity (Wildman–Crippen MR) is 95.6 cm³/mol. The van der Waals surface area contributed by atoms with Crippen LogP contribution >= 0.6 is 11.6 Å². The van der Waals surface area contributed by atoms with Crippen molar-refractivity contribution in [2.24, 2.45) is 0 Å². The van der Waals surface area contributed by atoms with Crippen molar-refractivity contribution < 1.29 is 5.11 Å². The molecule has 0 radical (unpaired) electrons. The molecule has 0 amide bonds. The van der Waals surface area contributed by atoms with E-state index in [0.717, 1.165) is 31.1 Å². The van der Waals surface area contributed by atoms with Crippen LogP contribution in [0.5, 0.6) is 0 Å². The van der Waals surface area contributed by atoms with E-state index in [1.807, 2.05) is 19.1 Å². The van der Waals surface area contributed by atoms with Crippen LogP contribution in [0, 0.1) is 0 Å². The zero-order chi connectivity index (χ0) is 16.2. The highest BCUT2D eigenvalue weighted by atomic mass is 35.5. The summed E-state index contributed by atoms with van der Waals surface area (Å²) in [4.78, 5) is 2.18. The highest BCUT2D eigenvalue weighted by molar-refractivity contribution is 6.30. The fourth-order valence-corrected chi connectivity index (χ4v) is 3.45. The molecule has 0 saturated carbocycles.